The SMILES string of the molecule is Cc1cnc(C(=O)N2CCCC(c3ccc4c(N)[nH]nc4n3)C2)cn1. The molecule has 1 aliphatic rings. The van der Waals surface area contributed by atoms with E-state index in [-0.39, 0.29) is 11.8 Å². The van der Waals surface area contributed by atoms with E-state index in [9.17, 15) is 4.79 Å². The maximum Gasteiger partial charge on any atom is 0.274 e. The van der Waals surface area contributed by atoms with Crippen molar-refractivity contribution in [1.29, 1.82) is 0 Å². The van der Waals surface area contributed by atoms with E-state index in [1.807, 2.05) is 24.0 Å². The summed E-state index contributed by atoms with van der Waals surface area (Å²) < 4.78 is 0. The Labute approximate surface area is 144 Å². The fourth-order valence-corrected chi connectivity index (χ4v) is 3.23. The van der Waals surface area contributed by atoms with Crippen molar-refractivity contribution in [3.8, 4) is 0 Å². The predicted octanol–water partition coefficient (Wildman–Crippen LogP) is 1.66. The number of nitrogens with one attached hydrogen (secondary N) is 1. The second kappa shape index (κ2) is 6.12. The minimum atomic E-state index is -0.0812. The van der Waals surface area contributed by atoms with Crippen molar-refractivity contribution in [2.45, 2.75) is 25.7 Å². The first-order valence-electron chi connectivity index (χ1n) is 8.30. The summed E-state index contributed by atoms with van der Waals surface area (Å²) in [7, 11) is 0. The second-order valence-corrected chi connectivity index (χ2v) is 6.38. The molecule has 3 aromatic rings. The van der Waals surface area contributed by atoms with Gasteiger partial charge in [0, 0.05) is 30.9 Å². The van der Waals surface area contributed by atoms with Gasteiger partial charge in [-0.1, -0.05) is 0 Å². The van der Waals surface area contributed by atoms with Gasteiger partial charge in [0.15, 0.2) is 5.65 Å². The van der Waals surface area contributed by atoms with Crippen LogP contribution in [0.1, 0.15) is 40.6 Å². The monoisotopic (exact) mass is 337 g/mol. The fraction of sp³-hybridized carbons (Fsp3) is 0.353. The largest absolute Gasteiger partial charge is 0.384 e. The Morgan fingerprint density at radius 1 is 1.32 bits per heavy atom. The number of rotatable bonds is 2. The summed E-state index contributed by atoms with van der Waals surface area (Å²) in [5.41, 5.74) is 8.55. The number of carbonyl (C=O) groups excluding carboxylic acids is 1. The molecular weight excluding hydrogens is 318 g/mol. The van der Waals surface area contributed by atoms with Gasteiger partial charge in [-0.05, 0) is 31.9 Å². The molecule has 0 aliphatic carbocycles. The van der Waals surface area contributed by atoms with Crippen LogP contribution in [-0.4, -0.2) is 49.0 Å². The summed E-state index contributed by atoms with van der Waals surface area (Å²) in [5.74, 6) is 0.619. The van der Waals surface area contributed by atoms with Crippen LogP contribution in [0.2, 0.25) is 0 Å². The zero-order valence-electron chi connectivity index (χ0n) is 13.9. The van der Waals surface area contributed by atoms with Crippen LogP contribution in [0.4, 0.5) is 5.82 Å². The predicted molar refractivity (Wildman–Crippen MR) is 92.9 cm³/mol. The van der Waals surface area contributed by atoms with Crippen LogP contribution in [-0.2, 0) is 0 Å². The molecule has 128 valence electrons. The van der Waals surface area contributed by atoms with Crippen molar-refractivity contribution in [2.24, 2.45) is 0 Å². The number of carbonyl (C=O) groups is 1. The Hall–Kier alpha value is -3.03. The number of aromatic amines is 1. The molecule has 3 N–H and O–H groups in total. The third-order valence-corrected chi connectivity index (χ3v) is 4.60. The molecule has 3 aromatic heterocycles. The lowest BCUT2D eigenvalue weighted by Gasteiger charge is -2.32. The van der Waals surface area contributed by atoms with E-state index >= 15 is 0 Å². The highest BCUT2D eigenvalue weighted by Gasteiger charge is 2.27. The number of aryl methyl sites for hydroxylation is 1. The van der Waals surface area contributed by atoms with Crippen molar-refractivity contribution >= 4 is 22.8 Å². The van der Waals surface area contributed by atoms with Crippen LogP contribution < -0.4 is 5.73 Å². The number of anilines is 1. The van der Waals surface area contributed by atoms with E-state index in [0.717, 1.165) is 36.2 Å². The maximum atomic E-state index is 12.7. The summed E-state index contributed by atoms with van der Waals surface area (Å²) >= 11 is 0. The highest BCUT2D eigenvalue weighted by Crippen LogP contribution is 2.28. The van der Waals surface area contributed by atoms with Gasteiger partial charge in [-0.25, -0.2) is 9.97 Å². The zero-order chi connectivity index (χ0) is 17.4. The quantitative estimate of drug-likeness (QED) is 0.735. The first-order chi connectivity index (χ1) is 12.1. The molecule has 1 amide bonds. The minimum Gasteiger partial charge on any atom is -0.384 e. The molecule has 0 bridgehead atoms. The van der Waals surface area contributed by atoms with Crippen LogP contribution >= 0.6 is 0 Å². The van der Waals surface area contributed by atoms with Crippen molar-refractivity contribution in [3.05, 3.63) is 41.6 Å². The molecule has 1 aliphatic heterocycles. The number of hydrogen-bond acceptors (Lipinski definition) is 6. The summed E-state index contributed by atoms with van der Waals surface area (Å²) in [6, 6.07) is 3.90. The third-order valence-electron chi connectivity index (χ3n) is 4.60. The summed E-state index contributed by atoms with van der Waals surface area (Å²) in [4.78, 5) is 27.5. The number of nitrogen functional groups attached to an aromatic ring is 1. The average Bonchev–Trinajstić information content (AvgIpc) is 3.02. The maximum absolute atomic E-state index is 12.7. The van der Waals surface area contributed by atoms with Gasteiger partial charge >= 0.3 is 0 Å². The molecule has 1 saturated heterocycles. The lowest BCUT2D eigenvalue weighted by molar-refractivity contribution is 0.0699. The molecule has 0 saturated carbocycles. The van der Waals surface area contributed by atoms with Gasteiger partial charge in [-0.2, -0.15) is 5.10 Å². The number of hydrogen-bond donors (Lipinski definition) is 2. The van der Waals surface area contributed by atoms with E-state index in [1.165, 1.54) is 6.20 Å². The number of pyridine rings is 1. The summed E-state index contributed by atoms with van der Waals surface area (Å²) in [5, 5.41) is 7.69. The molecule has 0 spiro atoms. The van der Waals surface area contributed by atoms with Crippen molar-refractivity contribution in [2.75, 3.05) is 18.8 Å². The van der Waals surface area contributed by atoms with E-state index in [0.29, 0.717) is 23.7 Å². The van der Waals surface area contributed by atoms with E-state index < -0.39 is 0 Å². The average molecular weight is 337 g/mol. The number of amides is 1. The van der Waals surface area contributed by atoms with E-state index in [1.54, 1.807) is 6.20 Å². The molecule has 8 heteroatoms. The number of fused-ring (bicyclic) bond motifs is 1. The fourth-order valence-electron chi connectivity index (χ4n) is 3.23. The Morgan fingerprint density at radius 3 is 3.00 bits per heavy atom. The van der Waals surface area contributed by atoms with Gasteiger partial charge in [-0.3, -0.25) is 14.9 Å². The van der Waals surface area contributed by atoms with Gasteiger partial charge in [-0.15, -0.1) is 0 Å². The molecule has 1 fully saturated rings. The van der Waals surface area contributed by atoms with E-state index in [2.05, 4.69) is 25.1 Å². The first-order valence-corrected chi connectivity index (χ1v) is 8.30. The third kappa shape index (κ3) is 2.90. The molecule has 4 heterocycles. The van der Waals surface area contributed by atoms with Gasteiger partial charge in [0.1, 0.15) is 11.5 Å². The molecule has 1 unspecified atom stereocenters. The zero-order valence-corrected chi connectivity index (χ0v) is 13.9. The number of likely N-dealkylation sites (tertiary alicyclic amines) is 1. The number of aromatic nitrogens is 5. The standard InChI is InChI=1S/C17H19N7O/c1-10-7-20-14(8-19-10)17(25)24-6-2-3-11(9-24)13-5-4-12-15(18)22-23-16(12)21-13/h4-5,7-8,11H,2-3,6,9H2,1H3,(H3,18,21,22,23). The Morgan fingerprint density at radius 2 is 2.20 bits per heavy atom. The molecule has 4 rings (SSSR count). The molecular formula is C17H19N7O. The molecule has 25 heavy (non-hydrogen) atoms. The smallest absolute Gasteiger partial charge is 0.274 e. The Kier molecular flexibility index (Phi) is 3.79. The number of piperidine rings is 1. The minimum absolute atomic E-state index is 0.0812. The van der Waals surface area contributed by atoms with Crippen molar-refractivity contribution in [3.63, 3.8) is 0 Å². The van der Waals surface area contributed by atoms with Gasteiger partial charge in [0.2, 0.25) is 0 Å². The second-order valence-electron chi connectivity index (χ2n) is 6.38. The molecule has 0 radical (unpaired) electrons. The highest BCUT2D eigenvalue weighted by molar-refractivity contribution is 5.92. The lowest BCUT2D eigenvalue weighted by Crippen LogP contribution is -2.39. The van der Waals surface area contributed by atoms with Crippen molar-refractivity contribution < 1.29 is 4.79 Å². The van der Waals surface area contributed by atoms with Gasteiger partial charge < -0.3 is 10.6 Å². The van der Waals surface area contributed by atoms with Crippen LogP contribution in [0.25, 0.3) is 11.0 Å². The molecule has 0 aromatic carbocycles. The van der Waals surface area contributed by atoms with Gasteiger partial charge in [0.05, 0.1) is 17.3 Å². The van der Waals surface area contributed by atoms with Crippen molar-refractivity contribution in [1.82, 2.24) is 30.0 Å². The lowest BCUT2D eigenvalue weighted by atomic mass is 9.94. The summed E-state index contributed by atoms with van der Waals surface area (Å²) in [6.07, 6.45) is 5.07. The van der Waals surface area contributed by atoms with Crippen LogP contribution in [0.3, 0.4) is 0 Å². The van der Waals surface area contributed by atoms with Crippen LogP contribution in [0, 0.1) is 6.92 Å². The number of nitrogens with zero attached hydrogens (tertiary/aromatic N) is 5. The first kappa shape index (κ1) is 15.5. The van der Waals surface area contributed by atoms with Crippen LogP contribution in [0.15, 0.2) is 24.5 Å². The van der Waals surface area contributed by atoms with Gasteiger partial charge in [0.25, 0.3) is 5.91 Å². The highest BCUT2D eigenvalue weighted by atomic mass is 16.2. The normalized spacial score (nSPS) is 17.8. The molecule has 8 nitrogen and oxygen atoms in total. The van der Waals surface area contributed by atoms with E-state index in [4.69, 9.17) is 5.73 Å². The Bertz CT molecular complexity index is 918. The molecule has 1 atom stereocenters. The Balaban J connectivity index is 1.55. The number of nitrogens with two attached hydrogens (primary N) is 1. The number of H-pyrrole nitrogens is 1. The van der Waals surface area contributed by atoms with Crippen LogP contribution in [0.5, 0.6) is 0 Å². The summed E-state index contributed by atoms with van der Waals surface area (Å²) in [6.45, 7) is 3.19. The topological polar surface area (TPSA) is 114 Å².